The average Bonchev–Trinajstić information content (AvgIpc) is 2.92. The number of halogens is 3. The van der Waals surface area contributed by atoms with Crippen molar-refractivity contribution in [1.82, 2.24) is 4.57 Å². The van der Waals surface area contributed by atoms with Gasteiger partial charge in [0.15, 0.2) is 10.6 Å². The summed E-state index contributed by atoms with van der Waals surface area (Å²) in [5.74, 6) is 0.354. The number of rotatable bonds is 3. The van der Waals surface area contributed by atoms with Crippen molar-refractivity contribution in [1.29, 1.82) is 0 Å². The van der Waals surface area contributed by atoms with Crippen molar-refractivity contribution >= 4 is 45.1 Å². The average molecular weight is 389 g/mol. The molecule has 3 rings (SSSR count). The second-order valence-electron chi connectivity index (χ2n) is 5.21. The number of thiazole rings is 1. The summed E-state index contributed by atoms with van der Waals surface area (Å²) in [6.45, 7) is 0.00287. The van der Waals surface area contributed by atoms with Gasteiger partial charge in [-0.25, -0.2) is 8.78 Å². The Kier molecular flexibility index (Phi) is 5.31. The molecular weight excluding hydrogens is 378 g/mol. The molecule has 3 nitrogen and oxygen atoms in total. The maximum Gasteiger partial charge on any atom is 0.272 e. The molecule has 26 heavy (non-hydrogen) atoms. The molecule has 2 aromatic carbocycles. The standard InChI is InChI=1S/C19H11ClF2N2OS/c1-2-9-24-18-15(22)10-13(21)11-16(18)26-19(24)23-17(25)8-7-12-5-3-4-6-14(12)20/h1,3-8,10-11H,9H2. The van der Waals surface area contributed by atoms with Crippen molar-refractivity contribution in [2.75, 3.05) is 0 Å². The first-order chi connectivity index (χ1) is 12.5. The van der Waals surface area contributed by atoms with Gasteiger partial charge in [0.2, 0.25) is 0 Å². The molecule has 0 unspecified atom stereocenters. The first-order valence-electron chi connectivity index (χ1n) is 7.42. The van der Waals surface area contributed by atoms with E-state index >= 15 is 0 Å². The van der Waals surface area contributed by atoms with Crippen molar-refractivity contribution in [3.05, 3.63) is 69.5 Å². The number of hydrogen-bond donors (Lipinski definition) is 0. The second kappa shape index (κ2) is 7.65. The number of amides is 1. The molecule has 7 heteroatoms. The molecule has 0 bridgehead atoms. The van der Waals surface area contributed by atoms with Crippen LogP contribution in [0.4, 0.5) is 8.78 Å². The molecule has 0 N–H and O–H groups in total. The fraction of sp³-hybridized carbons (Fsp3) is 0.0526. The van der Waals surface area contributed by atoms with Gasteiger partial charge in [-0.3, -0.25) is 4.79 Å². The summed E-state index contributed by atoms with van der Waals surface area (Å²) in [6, 6.07) is 8.97. The molecule has 0 radical (unpaired) electrons. The van der Waals surface area contributed by atoms with Crippen LogP contribution in [0.5, 0.6) is 0 Å². The minimum atomic E-state index is -0.757. The van der Waals surface area contributed by atoms with E-state index in [1.54, 1.807) is 24.3 Å². The van der Waals surface area contributed by atoms with Crippen molar-refractivity contribution in [3.63, 3.8) is 0 Å². The largest absolute Gasteiger partial charge is 0.302 e. The van der Waals surface area contributed by atoms with Crippen molar-refractivity contribution in [3.8, 4) is 12.3 Å². The molecule has 130 valence electrons. The number of benzene rings is 2. The van der Waals surface area contributed by atoms with Gasteiger partial charge in [0.05, 0.1) is 16.8 Å². The molecule has 0 saturated heterocycles. The topological polar surface area (TPSA) is 34.4 Å². The number of fused-ring (bicyclic) bond motifs is 1. The zero-order chi connectivity index (χ0) is 18.7. The van der Waals surface area contributed by atoms with Crippen molar-refractivity contribution in [2.45, 2.75) is 6.54 Å². The van der Waals surface area contributed by atoms with E-state index in [4.69, 9.17) is 18.0 Å². The van der Waals surface area contributed by atoms with Gasteiger partial charge in [-0.05, 0) is 23.8 Å². The van der Waals surface area contributed by atoms with Crippen LogP contribution in [0.1, 0.15) is 5.56 Å². The van der Waals surface area contributed by atoms with Crippen molar-refractivity contribution < 1.29 is 13.6 Å². The number of nitrogens with zero attached hydrogens (tertiary/aromatic N) is 2. The van der Waals surface area contributed by atoms with Gasteiger partial charge in [0, 0.05) is 17.2 Å². The van der Waals surface area contributed by atoms with E-state index in [1.807, 2.05) is 0 Å². The lowest BCUT2D eigenvalue weighted by atomic mass is 10.2. The Labute approximate surface area is 156 Å². The van der Waals surface area contributed by atoms with Gasteiger partial charge in [-0.1, -0.05) is 47.1 Å². The smallest absolute Gasteiger partial charge is 0.272 e. The summed E-state index contributed by atoms with van der Waals surface area (Å²) in [4.78, 5) is 16.3. The Morgan fingerprint density at radius 1 is 1.35 bits per heavy atom. The van der Waals surface area contributed by atoms with Crippen LogP contribution in [0.15, 0.2) is 47.5 Å². The van der Waals surface area contributed by atoms with Crippen LogP contribution in [0, 0.1) is 24.0 Å². The lowest BCUT2D eigenvalue weighted by Crippen LogP contribution is -2.16. The zero-order valence-corrected chi connectivity index (χ0v) is 14.8. The monoisotopic (exact) mass is 388 g/mol. The van der Waals surface area contributed by atoms with E-state index in [1.165, 1.54) is 22.8 Å². The van der Waals surface area contributed by atoms with Crippen LogP contribution >= 0.6 is 22.9 Å². The van der Waals surface area contributed by atoms with Gasteiger partial charge >= 0.3 is 0 Å². The Balaban J connectivity index is 2.05. The molecule has 0 aliphatic rings. The van der Waals surface area contributed by atoms with Crippen molar-refractivity contribution in [2.24, 2.45) is 4.99 Å². The summed E-state index contributed by atoms with van der Waals surface area (Å²) in [5.41, 5.74) is 0.787. The normalized spacial score (nSPS) is 12.0. The predicted molar refractivity (Wildman–Crippen MR) is 99.6 cm³/mol. The van der Waals surface area contributed by atoms with Crippen LogP contribution in [-0.4, -0.2) is 10.5 Å². The van der Waals surface area contributed by atoms with Gasteiger partial charge in [-0.2, -0.15) is 4.99 Å². The SMILES string of the molecule is C#CCn1c(=NC(=O)C=Cc2ccccc2Cl)sc2cc(F)cc(F)c21. The lowest BCUT2D eigenvalue weighted by molar-refractivity contribution is -0.113. The summed E-state index contributed by atoms with van der Waals surface area (Å²) in [7, 11) is 0. The van der Waals surface area contributed by atoms with Gasteiger partial charge in [-0.15, -0.1) is 6.42 Å². The third kappa shape index (κ3) is 3.74. The Bertz CT molecular complexity index is 1140. The number of carbonyl (C=O) groups excluding carboxylic acids is 1. The Morgan fingerprint density at radius 2 is 2.12 bits per heavy atom. The first kappa shape index (κ1) is 18.1. The summed E-state index contributed by atoms with van der Waals surface area (Å²) < 4.78 is 29.2. The second-order valence-corrected chi connectivity index (χ2v) is 6.63. The minimum absolute atomic E-state index is 0.00287. The maximum atomic E-state index is 14.1. The maximum absolute atomic E-state index is 14.1. The van der Waals surface area contributed by atoms with Gasteiger partial charge < -0.3 is 4.57 Å². The van der Waals surface area contributed by atoms with E-state index in [-0.39, 0.29) is 16.9 Å². The Hall–Kier alpha value is -2.75. The number of aromatic nitrogens is 1. The summed E-state index contributed by atoms with van der Waals surface area (Å²) >= 11 is 7.01. The molecule has 0 fully saturated rings. The minimum Gasteiger partial charge on any atom is -0.302 e. The Morgan fingerprint density at radius 3 is 2.85 bits per heavy atom. The highest BCUT2D eigenvalue weighted by molar-refractivity contribution is 7.16. The lowest BCUT2D eigenvalue weighted by Gasteiger charge is -2.00. The first-order valence-corrected chi connectivity index (χ1v) is 8.62. The molecule has 1 aromatic heterocycles. The van der Waals surface area contributed by atoms with Crippen LogP contribution < -0.4 is 4.80 Å². The molecule has 3 aromatic rings. The molecule has 1 heterocycles. The van der Waals surface area contributed by atoms with E-state index in [0.717, 1.165) is 17.4 Å². The van der Waals surface area contributed by atoms with Gasteiger partial charge in [0.25, 0.3) is 5.91 Å². The molecule has 1 amide bonds. The summed E-state index contributed by atoms with van der Waals surface area (Å²) in [6.07, 6.45) is 8.11. The molecule has 0 aliphatic carbocycles. The van der Waals surface area contributed by atoms with E-state index < -0.39 is 17.5 Å². The van der Waals surface area contributed by atoms with Crippen LogP contribution in [0.25, 0.3) is 16.3 Å². The number of carbonyl (C=O) groups is 1. The van der Waals surface area contributed by atoms with E-state index in [0.29, 0.717) is 15.3 Å². The highest BCUT2D eigenvalue weighted by Gasteiger charge is 2.13. The van der Waals surface area contributed by atoms with Crippen LogP contribution in [0.2, 0.25) is 5.02 Å². The van der Waals surface area contributed by atoms with Crippen LogP contribution in [-0.2, 0) is 11.3 Å². The number of terminal acetylenes is 1. The summed E-state index contributed by atoms with van der Waals surface area (Å²) in [5, 5.41) is 0.498. The fourth-order valence-corrected chi connectivity index (χ4v) is 3.63. The molecule has 0 saturated carbocycles. The molecule has 0 atom stereocenters. The van der Waals surface area contributed by atoms with E-state index in [9.17, 15) is 13.6 Å². The fourth-order valence-electron chi connectivity index (χ4n) is 2.36. The zero-order valence-electron chi connectivity index (χ0n) is 13.2. The van der Waals surface area contributed by atoms with E-state index in [2.05, 4.69) is 10.9 Å². The molecular formula is C19H11ClF2N2OS. The third-order valence-corrected chi connectivity index (χ3v) is 4.83. The molecule has 0 aliphatic heterocycles. The highest BCUT2D eigenvalue weighted by atomic mass is 35.5. The predicted octanol–water partition coefficient (Wildman–Crippen LogP) is 4.41. The number of hydrogen-bond acceptors (Lipinski definition) is 2. The third-order valence-electron chi connectivity index (χ3n) is 3.46. The highest BCUT2D eigenvalue weighted by Crippen LogP contribution is 2.22. The quantitative estimate of drug-likeness (QED) is 0.483. The van der Waals surface area contributed by atoms with Crippen LogP contribution in [0.3, 0.4) is 0 Å². The molecule has 0 spiro atoms. The van der Waals surface area contributed by atoms with Gasteiger partial charge in [0.1, 0.15) is 5.82 Å².